The van der Waals surface area contributed by atoms with Crippen molar-refractivity contribution in [2.45, 2.75) is 20.4 Å². The van der Waals surface area contributed by atoms with Crippen molar-refractivity contribution in [1.29, 1.82) is 0 Å². The first-order valence-electron chi connectivity index (χ1n) is 11.0. The first-order valence-corrected chi connectivity index (χ1v) is 11.0. The Morgan fingerprint density at radius 3 is 2.62 bits per heavy atom. The summed E-state index contributed by atoms with van der Waals surface area (Å²) in [6.07, 6.45) is 6.36. The predicted octanol–water partition coefficient (Wildman–Crippen LogP) is 1.19. The zero-order valence-corrected chi connectivity index (χ0v) is 19.3. The maximum absolute atomic E-state index is 13.0. The molecule has 1 aromatic heterocycles. The molecule has 0 fully saturated rings. The Bertz CT molecular complexity index is 1070. The number of hydrogen-bond acceptors (Lipinski definition) is 8. The van der Waals surface area contributed by atoms with E-state index in [1.54, 1.807) is 59.1 Å². The quantitative estimate of drug-likeness (QED) is 0.224. The van der Waals surface area contributed by atoms with Gasteiger partial charge in [-0.3, -0.25) is 25.2 Å². The number of carbonyl (C=O) groups excluding carboxylic acids is 1. The Kier molecular flexibility index (Phi) is 9.13. The van der Waals surface area contributed by atoms with Crippen molar-refractivity contribution in [2.75, 3.05) is 18.1 Å². The third-order valence-electron chi connectivity index (χ3n) is 4.75. The van der Waals surface area contributed by atoms with Gasteiger partial charge in [0.15, 0.2) is 5.82 Å². The molecule has 0 radical (unpaired) electrons. The molecular weight excluding hydrogens is 431 g/mol. The molecule has 2 aromatic carbocycles. The number of hydrazone groups is 1. The average Bonchev–Trinajstić information content (AvgIpc) is 2.83. The number of hydrazine groups is 1. The first kappa shape index (κ1) is 24.9. The van der Waals surface area contributed by atoms with E-state index in [1.807, 2.05) is 30.3 Å². The second-order valence-corrected chi connectivity index (χ2v) is 8.20. The van der Waals surface area contributed by atoms with Crippen molar-refractivity contribution in [3.63, 3.8) is 0 Å². The number of hydrogen-bond donors (Lipinski definition) is 3. The highest BCUT2D eigenvalue weighted by Crippen LogP contribution is 2.09. The molecule has 0 aliphatic rings. The molecule has 10 heteroatoms. The van der Waals surface area contributed by atoms with E-state index in [-0.39, 0.29) is 18.4 Å². The molecule has 0 aliphatic carbocycles. The van der Waals surface area contributed by atoms with E-state index < -0.39 is 7.12 Å². The maximum Gasteiger partial charge on any atom is 0.488 e. The van der Waals surface area contributed by atoms with Crippen molar-refractivity contribution in [3.8, 4) is 0 Å². The van der Waals surface area contributed by atoms with Gasteiger partial charge in [-0.1, -0.05) is 68.4 Å². The Morgan fingerprint density at radius 2 is 1.94 bits per heavy atom. The van der Waals surface area contributed by atoms with E-state index in [9.17, 15) is 14.8 Å². The molecule has 34 heavy (non-hydrogen) atoms. The summed E-state index contributed by atoms with van der Waals surface area (Å²) >= 11 is 0. The van der Waals surface area contributed by atoms with Crippen LogP contribution in [0, 0.1) is 5.92 Å². The third-order valence-corrected chi connectivity index (χ3v) is 4.75. The molecule has 0 unspecified atom stereocenters. The molecule has 0 aliphatic heterocycles. The van der Waals surface area contributed by atoms with Gasteiger partial charge >= 0.3 is 7.12 Å². The van der Waals surface area contributed by atoms with Gasteiger partial charge < -0.3 is 10.0 Å². The van der Waals surface area contributed by atoms with Gasteiger partial charge in [-0.05, 0) is 22.5 Å². The van der Waals surface area contributed by atoms with Crippen LogP contribution in [0.4, 0.5) is 5.82 Å². The van der Waals surface area contributed by atoms with Crippen molar-refractivity contribution < 1.29 is 14.8 Å². The van der Waals surface area contributed by atoms with E-state index >= 15 is 0 Å². The summed E-state index contributed by atoms with van der Waals surface area (Å²) in [5.74, 6) is 0.593. The van der Waals surface area contributed by atoms with Gasteiger partial charge in [-0.25, -0.2) is 4.98 Å². The van der Waals surface area contributed by atoms with E-state index in [0.717, 1.165) is 5.56 Å². The Labute approximate surface area is 199 Å². The van der Waals surface area contributed by atoms with Gasteiger partial charge in [-0.15, -0.1) is 0 Å². The molecule has 3 N–H and O–H groups in total. The van der Waals surface area contributed by atoms with Crippen LogP contribution in [0.15, 0.2) is 78.3 Å². The zero-order chi connectivity index (χ0) is 24.3. The summed E-state index contributed by atoms with van der Waals surface area (Å²) in [6, 6.07) is 16.5. The minimum Gasteiger partial charge on any atom is -0.423 e. The lowest BCUT2D eigenvalue weighted by atomic mass is 9.80. The highest BCUT2D eigenvalue weighted by molar-refractivity contribution is 6.58. The molecule has 0 atom stereocenters. The fourth-order valence-corrected chi connectivity index (χ4v) is 3.22. The fourth-order valence-electron chi connectivity index (χ4n) is 3.22. The number of nitrogens with one attached hydrogen (secondary N) is 1. The third kappa shape index (κ3) is 7.98. The van der Waals surface area contributed by atoms with Crippen LogP contribution in [0.1, 0.15) is 25.0 Å². The van der Waals surface area contributed by atoms with Crippen LogP contribution in [-0.2, 0) is 11.3 Å². The predicted molar refractivity (Wildman–Crippen MR) is 133 cm³/mol. The molecule has 0 saturated carbocycles. The highest BCUT2D eigenvalue weighted by atomic mass is 16.4. The lowest BCUT2D eigenvalue weighted by molar-refractivity contribution is -0.122. The summed E-state index contributed by atoms with van der Waals surface area (Å²) < 4.78 is 0. The van der Waals surface area contributed by atoms with Gasteiger partial charge in [0.25, 0.3) is 5.91 Å². The standard InChI is InChI=1S/C24H29BN6O3/c1-19(2)16-31(23-15-26-11-12-27-23)29-24(32)18-30(17-20-7-4-3-5-8-20)28-14-21-9-6-10-22(13-21)25(33)34/h3-15,19,33-34H,16-18H2,1-2H3,(H,29,32)/b28-14+. The number of rotatable bonds is 11. The molecule has 1 amide bonds. The van der Waals surface area contributed by atoms with Gasteiger partial charge in [0.2, 0.25) is 0 Å². The summed E-state index contributed by atoms with van der Waals surface area (Å²) in [5.41, 5.74) is 4.96. The van der Waals surface area contributed by atoms with E-state index in [4.69, 9.17) is 0 Å². The van der Waals surface area contributed by atoms with Crippen LogP contribution in [0.2, 0.25) is 0 Å². The highest BCUT2D eigenvalue weighted by Gasteiger charge is 2.16. The van der Waals surface area contributed by atoms with Crippen molar-refractivity contribution >= 4 is 30.5 Å². The topological polar surface area (TPSA) is 114 Å². The zero-order valence-electron chi connectivity index (χ0n) is 19.3. The molecule has 0 spiro atoms. The number of nitrogens with zero attached hydrogens (tertiary/aromatic N) is 5. The number of benzene rings is 2. The van der Waals surface area contributed by atoms with E-state index in [2.05, 4.69) is 34.3 Å². The van der Waals surface area contributed by atoms with Crippen LogP contribution in [0.3, 0.4) is 0 Å². The maximum atomic E-state index is 13.0. The molecule has 3 rings (SSSR count). The smallest absolute Gasteiger partial charge is 0.423 e. The van der Waals surface area contributed by atoms with Gasteiger partial charge in [0.1, 0.15) is 6.54 Å². The Morgan fingerprint density at radius 1 is 1.15 bits per heavy atom. The molecular formula is C24H29BN6O3. The average molecular weight is 460 g/mol. The lowest BCUT2D eigenvalue weighted by Gasteiger charge is -2.27. The number of aromatic nitrogens is 2. The minimum atomic E-state index is -1.56. The number of carbonyl (C=O) groups is 1. The summed E-state index contributed by atoms with van der Waals surface area (Å²) in [4.78, 5) is 21.4. The Hall–Kier alpha value is -3.76. The fraction of sp³-hybridized carbons (Fsp3) is 0.250. The largest absolute Gasteiger partial charge is 0.488 e. The first-order chi connectivity index (χ1) is 16.4. The van der Waals surface area contributed by atoms with E-state index in [1.165, 1.54) is 0 Å². The Balaban J connectivity index is 1.76. The second kappa shape index (κ2) is 12.5. The van der Waals surface area contributed by atoms with Gasteiger partial charge in [0, 0.05) is 18.9 Å². The molecule has 0 saturated heterocycles. The van der Waals surface area contributed by atoms with Crippen molar-refractivity contribution in [2.24, 2.45) is 11.0 Å². The van der Waals surface area contributed by atoms with Crippen molar-refractivity contribution in [3.05, 3.63) is 84.3 Å². The summed E-state index contributed by atoms with van der Waals surface area (Å²) in [6.45, 7) is 5.10. The summed E-state index contributed by atoms with van der Waals surface area (Å²) in [5, 5.41) is 26.7. The molecule has 1 heterocycles. The number of anilines is 1. The van der Waals surface area contributed by atoms with Crippen LogP contribution < -0.4 is 15.9 Å². The van der Waals surface area contributed by atoms with Crippen LogP contribution in [-0.4, -0.2) is 57.4 Å². The normalized spacial score (nSPS) is 11.0. The SMILES string of the molecule is CC(C)CN(NC(=O)CN(Cc1ccccc1)/N=C/c1cccc(B(O)O)c1)c1cnccn1. The van der Waals surface area contributed by atoms with Gasteiger partial charge in [-0.2, -0.15) is 5.10 Å². The molecule has 9 nitrogen and oxygen atoms in total. The minimum absolute atomic E-state index is 0.00255. The molecule has 3 aromatic rings. The second-order valence-electron chi connectivity index (χ2n) is 8.20. The molecule has 0 bridgehead atoms. The monoisotopic (exact) mass is 460 g/mol. The van der Waals surface area contributed by atoms with E-state index in [0.29, 0.717) is 29.9 Å². The van der Waals surface area contributed by atoms with Crippen LogP contribution >= 0.6 is 0 Å². The number of amides is 1. The molecule has 176 valence electrons. The van der Waals surface area contributed by atoms with Crippen LogP contribution in [0.5, 0.6) is 0 Å². The summed E-state index contributed by atoms with van der Waals surface area (Å²) in [7, 11) is -1.56. The van der Waals surface area contributed by atoms with Crippen LogP contribution in [0.25, 0.3) is 0 Å². The van der Waals surface area contributed by atoms with Crippen molar-refractivity contribution in [1.82, 2.24) is 20.4 Å². The van der Waals surface area contributed by atoms with Gasteiger partial charge in [0.05, 0.1) is 19.0 Å². The lowest BCUT2D eigenvalue weighted by Crippen LogP contribution is -2.48.